The molecule has 1 aromatic carbocycles. The molecule has 3 aromatic rings. The van der Waals surface area contributed by atoms with Gasteiger partial charge in [0, 0.05) is 44.6 Å². The Labute approximate surface area is 170 Å². The molecular weight excluding hydrogens is 421 g/mol. The fourth-order valence-electron chi connectivity index (χ4n) is 3.19. The lowest BCUT2D eigenvalue weighted by atomic mass is 10.2. The topological polar surface area (TPSA) is 84.2 Å². The van der Waals surface area contributed by atoms with Crippen molar-refractivity contribution in [1.82, 2.24) is 23.8 Å². The maximum atomic E-state index is 12.9. The lowest BCUT2D eigenvalue weighted by molar-refractivity contribution is -0.137. The van der Waals surface area contributed by atoms with Crippen LogP contribution in [0.3, 0.4) is 0 Å². The fourth-order valence-corrected chi connectivity index (χ4v) is 4.65. The molecule has 0 amide bonds. The Kier molecular flexibility index (Phi) is 5.20. The fraction of sp³-hybridized carbons (Fsp3) is 0.278. The van der Waals surface area contributed by atoms with Crippen molar-refractivity contribution in [2.24, 2.45) is 0 Å². The molecule has 1 aliphatic rings. The van der Waals surface area contributed by atoms with Crippen molar-refractivity contribution in [1.29, 1.82) is 0 Å². The third kappa shape index (κ3) is 4.00. The van der Waals surface area contributed by atoms with E-state index in [0.717, 1.165) is 12.1 Å². The van der Waals surface area contributed by atoms with E-state index < -0.39 is 21.8 Å². The van der Waals surface area contributed by atoms with E-state index >= 15 is 0 Å². The van der Waals surface area contributed by atoms with Gasteiger partial charge in [0.25, 0.3) is 0 Å². The van der Waals surface area contributed by atoms with Crippen molar-refractivity contribution in [3.63, 3.8) is 0 Å². The Bertz CT molecular complexity index is 1130. The number of alkyl halides is 3. The zero-order valence-electron chi connectivity index (χ0n) is 15.6. The van der Waals surface area contributed by atoms with Gasteiger partial charge < -0.3 is 4.90 Å². The summed E-state index contributed by atoms with van der Waals surface area (Å²) in [6, 6.07) is 5.56. The quantitative estimate of drug-likeness (QED) is 0.621. The Morgan fingerprint density at radius 3 is 2.37 bits per heavy atom. The molecule has 8 nitrogen and oxygen atoms in total. The molecule has 2 aromatic heterocycles. The number of imidazole rings is 1. The summed E-state index contributed by atoms with van der Waals surface area (Å²) in [7, 11) is -4.03. The summed E-state index contributed by atoms with van der Waals surface area (Å²) in [5.74, 6) is 1.25. The number of nitrogens with zero attached hydrogens (tertiary/aromatic N) is 6. The minimum absolute atomic E-state index is 0.128. The molecule has 30 heavy (non-hydrogen) atoms. The van der Waals surface area contributed by atoms with E-state index in [9.17, 15) is 21.6 Å². The van der Waals surface area contributed by atoms with Crippen LogP contribution in [0.5, 0.6) is 0 Å². The van der Waals surface area contributed by atoms with Crippen molar-refractivity contribution in [2.45, 2.75) is 11.1 Å². The van der Waals surface area contributed by atoms with Crippen LogP contribution in [0.25, 0.3) is 5.82 Å². The maximum absolute atomic E-state index is 12.9. The highest BCUT2D eigenvalue weighted by molar-refractivity contribution is 7.89. The molecule has 158 valence electrons. The molecule has 1 fully saturated rings. The van der Waals surface area contributed by atoms with Gasteiger partial charge in [-0.15, -0.1) is 0 Å². The van der Waals surface area contributed by atoms with Crippen molar-refractivity contribution >= 4 is 15.8 Å². The number of sulfonamides is 1. The van der Waals surface area contributed by atoms with E-state index in [1.807, 2.05) is 4.90 Å². The van der Waals surface area contributed by atoms with Crippen molar-refractivity contribution < 1.29 is 21.6 Å². The van der Waals surface area contributed by atoms with Gasteiger partial charge in [0.05, 0.1) is 10.5 Å². The number of halogens is 3. The number of rotatable bonds is 4. The molecule has 1 saturated heterocycles. The first-order chi connectivity index (χ1) is 14.2. The smallest absolute Gasteiger partial charge is 0.354 e. The predicted molar refractivity (Wildman–Crippen MR) is 102 cm³/mol. The second-order valence-electron chi connectivity index (χ2n) is 6.62. The van der Waals surface area contributed by atoms with E-state index in [2.05, 4.69) is 15.0 Å². The Hall–Kier alpha value is -2.99. The zero-order chi connectivity index (χ0) is 21.4. The van der Waals surface area contributed by atoms with Crippen LogP contribution in [0.15, 0.2) is 60.3 Å². The van der Waals surface area contributed by atoms with Gasteiger partial charge in [0.1, 0.15) is 24.3 Å². The first-order valence-corrected chi connectivity index (χ1v) is 10.4. The summed E-state index contributed by atoms with van der Waals surface area (Å²) in [5.41, 5.74) is -0.991. The SMILES string of the molecule is O=S(=O)(c1cccc(C(F)(F)F)c1)N1CCN(c2cc(-n3ccnc3)ncn2)CC1. The van der Waals surface area contributed by atoms with E-state index in [-0.39, 0.29) is 18.0 Å². The summed E-state index contributed by atoms with van der Waals surface area (Å²) < 4.78 is 67.4. The lowest BCUT2D eigenvalue weighted by Crippen LogP contribution is -2.49. The van der Waals surface area contributed by atoms with E-state index in [1.165, 1.54) is 16.7 Å². The van der Waals surface area contributed by atoms with Gasteiger partial charge in [-0.05, 0) is 18.2 Å². The minimum Gasteiger partial charge on any atom is -0.354 e. The molecule has 0 radical (unpaired) electrons. The summed E-state index contributed by atoms with van der Waals surface area (Å²) in [4.78, 5) is 13.9. The molecule has 0 unspecified atom stereocenters. The number of piperazine rings is 1. The highest BCUT2D eigenvalue weighted by Gasteiger charge is 2.34. The van der Waals surface area contributed by atoms with Crippen LogP contribution in [-0.2, 0) is 16.2 Å². The van der Waals surface area contributed by atoms with Crippen LogP contribution >= 0.6 is 0 Å². The third-order valence-electron chi connectivity index (χ3n) is 4.77. The van der Waals surface area contributed by atoms with Crippen LogP contribution in [0.1, 0.15) is 5.56 Å². The van der Waals surface area contributed by atoms with Crippen LogP contribution in [0.4, 0.5) is 19.0 Å². The normalized spacial score (nSPS) is 16.0. The first-order valence-electron chi connectivity index (χ1n) is 8.98. The standard InChI is InChI=1S/C18H17F3N6O2S/c19-18(20,21)14-2-1-3-15(10-14)30(28,29)27-8-6-25(7-9-27)16-11-17(24-12-23-16)26-5-4-22-13-26/h1-5,10-13H,6-9H2. The number of aromatic nitrogens is 4. The predicted octanol–water partition coefficient (Wildman–Crippen LogP) is 2.19. The number of hydrogen-bond donors (Lipinski definition) is 0. The Morgan fingerprint density at radius 2 is 1.70 bits per heavy atom. The molecule has 12 heteroatoms. The lowest BCUT2D eigenvalue weighted by Gasteiger charge is -2.34. The minimum atomic E-state index is -4.61. The average Bonchev–Trinajstić information content (AvgIpc) is 3.28. The van der Waals surface area contributed by atoms with Crippen LogP contribution in [0, 0.1) is 0 Å². The largest absolute Gasteiger partial charge is 0.416 e. The van der Waals surface area contributed by atoms with E-state index in [4.69, 9.17) is 0 Å². The van der Waals surface area contributed by atoms with E-state index in [0.29, 0.717) is 30.8 Å². The van der Waals surface area contributed by atoms with Crippen LogP contribution in [-0.4, -0.2) is 58.4 Å². The number of anilines is 1. The van der Waals surface area contributed by atoms with Gasteiger partial charge in [-0.25, -0.2) is 23.4 Å². The summed E-state index contributed by atoms with van der Waals surface area (Å²) in [6.45, 7) is 0.948. The molecular formula is C18H17F3N6O2S. The van der Waals surface area contributed by atoms with Gasteiger partial charge in [0.15, 0.2) is 0 Å². The van der Waals surface area contributed by atoms with Crippen LogP contribution < -0.4 is 4.90 Å². The van der Waals surface area contributed by atoms with E-state index in [1.54, 1.807) is 29.4 Å². The second kappa shape index (κ2) is 7.69. The van der Waals surface area contributed by atoms with Gasteiger partial charge in [0.2, 0.25) is 10.0 Å². The molecule has 0 saturated carbocycles. The molecule has 3 heterocycles. The average molecular weight is 438 g/mol. The van der Waals surface area contributed by atoms with Crippen molar-refractivity contribution in [3.05, 3.63) is 60.9 Å². The Balaban J connectivity index is 1.49. The monoisotopic (exact) mass is 438 g/mol. The molecule has 1 aliphatic heterocycles. The third-order valence-corrected chi connectivity index (χ3v) is 6.66. The van der Waals surface area contributed by atoms with Gasteiger partial charge >= 0.3 is 6.18 Å². The number of benzene rings is 1. The molecule has 4 rings (SSSR count). The molecule has 0 N–H and O–H groups in total. The maximum Gasteiger partial charge on any atom is 0.416 e. The van der Waals surface area contributed by atoms with Crippen molar-refractivity contribution in [2.75, 3.05) is 31.1 Å². The molecule has 0 aliphatic carbocycles. The molecule has 0 bridgehead atoms. The zero-order valence-corrected chi connectivity index (χ0v) is 16.4. The van der Waals surface area contributed by atoms with Gasteiger partial charge in [-0.3, -0.25) is 4.57 Å². The van der Waals surface area contributed by atoms with Crippen molar-refractivity contribution in [3.8, 4) is 5.82 Å². The second-order valence-corrected chi connectivity index (χ2v) is 8.56. The highest BCUT2D eigenvalue weighted by Crippen LogP contribution is 2.31. The summed E-state index contributed by atoms with van der Waals surface area (Å²) >= 11 is 0. The first kappa shape index (κ1) is 20.3. The number of hydrogen-bond acceptors (Lipinski definition) is 6. The summed E-state index contributed by atoms with van der Waals surface area (Å²) in [5, 5.41) is 0. The molecule has 0 spiro atoms. The van der Waals surface area contributed by atoms with Gasteiger partial charge in [-0.2, -0.15) is 17.5 Å². The summed E-state index contributed by atoms with van der Waals surface area (Å²) in [6.07, 6.45) is 1.77. The van der Waals surface area contributed by atoms with Crippen LogP contribution in [0.2, 0.25) is 0 Å². The highest BCUT2D eigenvalue weighted by atomic mass is 32.2. The Morgan fingerprint density at radius 1 is 0.967 bits per heavy atom. The molecule has 0 atom stereocenters. The van der Waals surface area contributed by atoms with Gasteiger partial charge in [-0.1, -0.05) is 6.07 Å².